The molecule has 1 fully saturated rings. The molecule has 2 heterocycles. The first kappa shape index (κ1) is 26.5. The maximum Gasteiger partial charge on any atom is 0.303 e. The van der Waals surface area contributed by atoms with Crippen LogP contribution in [0.15, 0.2) is 15.5 Å². The van der Waals surface area contributed by atoms with E-state index in [-0.39, 0.29) is 12.5 Å². The average molecular weight is 560 g/mol. The van der Waals surface area contributed by atoms with Gasteiger partial charge in [-0.15, -0.1) is 0 Å². The number of carbonyl (C=O) groups excluding carboxylic acids is 3. The van der Waals surface area contributed by atoms with Crippen LogP contribution in [0.5, 0.6) is 17.2 Å². The molecule has 1 aromatic carbocycles. The summed E-state index contributed by atoms with van der Waals surface area (Å²) in [6.07, 6.45) is -5.11. The summed E-state index contributed by atoms with van der Waals surface area (Å²) in [5.74, 6) is -0.670. The van der Waals surface area contributed by atoms with Crippen LogP contribution in [0, 0.1) is 0 Å². The molecule has 0 aliphatic carbocycles. The molecule has 2 aliphatic rings. The van der Waals surface area contributed by atoms with E-state index >= 15 is 0 Å². The number of ether oxygens (including phenoxy) is 8. The summed E-state index contributed by atoms with van der Waals surface area (Å²) in [5, 5.41) is 0. The summed E-state index contributed by atoms with van der Waals surface area (Å²) in [4.78, 5) is 39.6. The molecule has 13 heteroatoms. The third-order valence-corrected chi connectivity index (χ3v) is 5.94. The van der Waals surface area contributed by atoms with E-state index in [0.717, 1.165) is 0 Å². The number of halogens is 1. The van der Waals surface area contributed by atoms with Crippen LogP contribution in [0.2, 0.25) is 0 Å². The van der Waals surface area contributed by atoms with Gasteiger partial charge in [-0.3, -0.25) is 14.4 Å². The monoisotopic (exact) mass is 559 g/mol. The van der Waals surface area contributed by atoms with Crippen molar-refractivity contribution >= 4 is 39.7 Å². The molecule has 0 radical (unpaired) electrons. The largest absolute Gasteiger partial charge is 0.493 e. The molecule has 5 atom stereocenters. The fourth-order valence-corrected chi connectivity index (χ4v) is 4.43. The molecule has 12 nitrogen and oxygen atoms in total. The standard InChI is InChI=1S/C22H26BrNO11/c1-9(25)31-8-14-17(32-10(2)26)19(33-11(3)27)20-22(34-14)24-21(35-20)12-7-13(28-4)16(29-5)18(30-6)15(12)23/h7,14,17,19-20,22H,8H2,1-6H3/t14-,17-,19+,20-,22+/m1/s1. The Labute approximate surface area is 209 Å². The summed E-state index contributed by atoms with van der Waals surface area (Å²) in [7, 11) is 4.40. The van der Waals surface area contributed by atoms with Crippen LogP contribution in [0.3, 0.4) is 0 Å². The molecule has 0 saturated carbocycles. The van der Waals surface area contributed by atoms with Gasteiger partial charge >= 0.3 is 17.9 Å². The van der Waals surface area contributed by atoms with E-state index in [1.165, 1.54) is 42.1 Å². The van der Waals surface area contributed by atoms with Crippen LogP contribution < -0.4 is 14.2 Å². The number of carbonyl (C=O) groups is 3. The Balaban J connectivity index is 2.03. The minimum atomic E-state index is -1.12. The lowest BCUT2D eigenvalue weighted by Gasteiger charge is -2.40. The zero-order valence-electron chi connectivity index (χ0n) is 20.0. The van der Waals surface area contributed by atoms with Gasteiger partial charge in [-0.25, -0.2) is 4.99 Å². The van der Waals surface area contributed by atoms with Gasteiger partial charge in [0.2, 0.25) is 11.6 Å². The molecule has 3 rings (SSSR count). The minimum absolute atomic E-state index is 0.123. The molecule has 0 N–H and O–H groups in total. The highest BCUT2D eigenvalue weighted by atomic mass is 79.9. The lowest BCUT2D eigenvalue weighted by atomic mass is 9.98. The Morgan fingerprint density at radius 2 is 1.57 bits per heavy atom. The summed E-state index contributed by atoms with van der Waals surface area (Å²) < 4.78 is 44.7. The Kier molecular flexibility index (Phi) is 8.43. The summed E-state index contributed by atoms with van der Waals surface area (Å²) in [6.45, 7) is 3.38. The Morgan fingerprint density at radius 1 is 0.943 bits per heavy atom. The zero-order valence-corrected chi connectivity index (χ0v) is 21.6. The van der Waals surface area contributed by atoms with E-state index in [1.54, 1.807) is 6.07 Å². The van der Waals surface area contributed by atoms with Crippen LogP contribution in [0.25, 0.3) is 0 Å². The third-order valence-electron chi connectivity index (χ3n) is 5.16. The van der Waals surface area contributed by atoms with Gasteiger partial charge in [-0.05, 0) is 22.0 Å². The van der Waals surface area contributed by atoms with Crippen LogP contribution in [0.4, 0.5) is 0 Å². The second-order valence-corrected chi connectivity index (χ2v) is 8.33. The van der Waals surface area contributed by atoms with Crippen LogP contribution in [-0.2, 0) is 38.1 Å². The van der Waals surface area contributed by atoms with Crippen molar-refractivity contribution in [1.82, 2.24) is 0 Å². The normalized spacial score (nSPS) is 24.9. The van der Waals surface area contributed by atoms with Gasteiger partial charge in [0.25, 0.3) is 0 Å². The SMILES string of the molecule is COc1cc(C2=N[C@H]3O[C@H](COC(C)=O)[C@@H](OC(C)=O)[C@H](OC(C)=O)[C@H]3O2)c(Br)c(OC)c1OC. The number of nitrogens with zero attached hydrogens (tertiary/aromatic N) is 1. The topological polar surface area (TPSA) is 137 Å². The van der Waals surface area contributed by atoms with Crippen molar-refractivity contribution in [2.45, 2.75) is 51.4 Å². The molecule has 0 aromatic heterocycles. The van der Waals surface area contributed by atoms with Crippen LogP contribution in [-0.4, -0.2) is 82.4 Å². The first-order valence-electron chi connectivity index (χ1n) is 10.5. The minimum Gasteiger partial charge on any atom is -0.493 e. The molecule has 0 spiro atoms. The number of benzene rings is 1. The van der Waals surface area contributed by atoms with Gasteiger partial charge in [0.15, 0.2) is 36.0 Å². The van der Waals surface area contributed by atoms with E-state index in [9.17, 15) is 14.4 Å². The number of aliphatic imine (C=N–C) groups is 1. The van der Waals surface area contributed by atoms with Crippen molar-refractivity contribution in [2.75, 3.05) is 27.9 Å². The van der Waals surface area contributed by atoms with Gasteiger partial charge in [0, 0.05) is 20.8 Å². The predicted molar refractivity (Wildman–Crippen MR) is 122 cm³/mol. The molecular weight excluding hydrogens is 534 g/mol. The quantitative estimate of drug-likeness (QED) is 0.340. The Morgan fingerprint density at radius 3 is 2.11 bits per heavy atom. The fourth-order valence-electron chi connectivity index (χ4n) is 3.80. The van der Waals surface area contributed by atoms with Crippen molar-refractivity contribution in [3.63, 3.8) is 0 Å². The van der Waals surface area contributed by atoms with E-state index in [0.29, 0.717) is 27.3 Å². The lowest BCUT2D eigenvalue weighted by molar-refractivity contribution is -0.236. The summed E-state index contributed by atoms with van der Waals surface area (Å²) in [6, 6.07) is 1.63. The molecule has 0 unspecified atom stereocenters. The first-order chi connectivity index (χ1) is 16.6. The van der Waals surface area contributed by atoms with E-state index in [1.807, 2.05) is 0 Å². The maximum absolute atomic E-state index is 11.9. The molecule has 192 valence electrons. The fraction of sp³-hybridized carbons (Fsp3) is 0.545. The number of esters is 3. The van der Waals surface area contributed by atoms with E-state index < -0.39 is 48.6 Å². The number of hydrogen-bond donors (Lipinski definition) is 0. The summed E-state index contributed by atoms with van der Waals surface area (Å²) >= 11 is 3.48. The molecule has 0 amide bonds. The van der Waals surface area contributed by atoms with Crippen molar-refractivity contribution in [2.24, 2.45) is 4.99 Å². The number of hydrogen-bond acceptors (Lipinski definition) is 12. The van der Waals surface area contributed by atoms with Gasteiger partial charge in [-0.2, -0.15) is 0 Å². The van der Waals surface area contributed by atoms with Gasteiger partial charge in [0.05, 0.1) is 31.4 Å². The second-order valence-electron chi connectivity index (χ2n) is 7.54. The molecule has 1 saturated heterocycles. The molecule has 0 bridgehead atoms. The second kappa shape index (κ2) is 11.1. The Bertz CT molecular complexity index is 1030. The van der Waals surface area contributed by atoms with Crippen molar-refractivity contribution in [3.8, 4) is 17.2 Å². The Hall–Kier alpha value is -3.06. The van der Waals surface area contributed by atoms with E-state index in [2.05, 4.69) is 20.9 Å². The first-order valence-corrected chi connectivity index (χ1v) is 11.3. The smallest absolute Gasteiger partial charge is 0.303 e. The van der Waals surface area contributed by atoms with Crippen molar-refractivity contribution in [1.29, 1.82) is 0 Å². The number of rotatable bonds is 8. The van der Waals surface area contributed by atoms with Gasteiger partial charge < -0.3 is 37.9 Å². The van der Waals surface area contributed by atoms with Crippen molar-refractivity contribution < 1.29 is 52.3 Å². The van der Waals surface area contributed by atoms with Gasteiger partial charge in [0.1, 0.15) is 12.7 Å². The van der Waals surface area contributed by atoms with E-state index in [4.69, 9.17) is 37.9 Å². The van der Waals surface area contributed by atoms with Crippen LogP contribution in [0.1, 0.15) is 26.3 Å². The average Bonchev–Trinajstić information content (AvgIpc) is 3.21. The number of fused-ring (bicyclic) bond motifs is 1. The highest BCUT2D eigenvalue weighted by Gasteiger charge is 2.54. The number of methoxy groups -OCH3 is 3. The van der Waals surface area contributed by atoms with Crippen molar-refractivity contribution in [3.05, 3.63) is 16.1 Å². The van der Waals surface area contributed by atoms with Crippen LogP contribution >= 0.6 is 15.9 Å². The molecular formula is C22H26BrNO11. The van der Waals surface area contributed by atoms with Gasteiger partial charge in [-0.1, -0.05) is 0 Å². The molecule has 35 heavy (non-hydrogen) atoms. The zero-order chi connectivity index (χ0) is 25.9. The predicted octanol–water partition coefficient (Wildman–Crippen LogP) is 1.77. The summed E-state index contributed by atoms with van der Waals surface area (Å²) in [5.41, 5.74) is 0.444. The highest BCUT2D eigenvalue weighted by Crippen LogP contribution is 2.46. The third kappa shape index (κ3) is 5.61. The lowest BCUT2D eigenvalue weighted by Crippen LogP contribution is -2.60. The molecule has 1 aromatic rings. The maximum atomic E-state index is 11.9. The molecule has 2 aliphatic heterocycles. The highest BCUT2D eigenvalue weighted by molar-refractivity contribution is 9.10.